The molecule has 4 nitrogen and oxygen atoms in total. The van der Waals surface area contributed by atoms with Gasteiger partial charge in [-0.15, -0.1) is 0 Å². The van der Waals surface area contributed by atoms with Crippen molar-refractivity contribution >= 4 is 0 Å². The molecule has 0 aliphatic rings. The molecule has 2 aromatic rings. The van der Waals surface area contributed by atoms with Crippen molar-refractivity contribution in [2.75, 3.05) is 13.7 Å². The number of methoxy groups -OCH3 is 1. The second kappa shape index (κ2) is 7.10. The summed E-state index contributed by atoms with van der Waals surface area (Å²) in [5, 5.41) is 7.83. The first-order valence-corrected chi connectivity index (χ1v) is 7.11. The van der Waals surface area contributed by atoms with Gasteiger partial charge in [-0.3, -0.25) is 4.68 Å². The lowest BCUT2D eigenvalue weighted by molar-refractivity contribution is 0.414. The molecule has 0 amide bonds. The maximum absolute atomic E-state index is 5.24. The lowest BCUT2D eigenvalue weighted by atomic mass is 10.1. The van der Waals surface area contributed by atoms with Gasteiger partial charge in [0.25, 0.3) is 0 Å². The maximum atomic E-state index is 5.24. The SMILES string of the molecule is CCn1cc(C(C)NCCc2cccc(OC)c2)cn1. The van der Waals surface area contributed by atoms with Crippen LogP contribution in [0.25, 0.3) is 0 Å². The van der Waals surface area contributed by atoms with Gasteiger partial charge in [0.05, 0.1) is 13.3 Å². The normalized spacial score (nSPS) is 12.3. The van der Waals surface area contributed by atoms with Gasteiger partial charge in [0, 0.05) is 24.3 Å². The Balaban J connectivity index is 1.82. The van der Waals surface area contributed by atoms with Gasteiger partial charge in [-0.2, -0.15) is 5.10 Å². The van der Waals surface area contributed by atoms with Crippen LogP contribution in [0.3, 0.4) is 0 Å². The highest BCUT2D eigenvalue weighted by molar-refractivity contribution is 5.28. The largest absolute Gasteiger partial charge is 0.497 e. The Labute approximate surface area is 120 Å². The summed E-state index contributed by atoms with van der Waals surface area (Å²) in [5.74, 6) is 0.916. The average Bonchev–Trinajstić information content (AvgIpc) is 2.96. The molecule has 0 aliphatic heterocycles. The van der Waals surface area contributed by atoms with Crippen molar-refractivity contribution in [3.63, 3.8) is 0 Å². The van der Waals surface area contributed by atoms with Crippen LogP contribution in [0.4, 0.5) is 0 Å². The molecule has 0 saturated heterocycles. The molecule has 0 saturated carbocycles. The third-order valence-corrected chi connectivity index (χ3v) is 3.48. The van der Waals surface area contributed by atoms with Crippen molar-refractivity contribution in [1.82, 2.24) is 15.1 Å². The number of benzene rings is 1. The Hall–Kier alpha value is -1.81. The zero-order valence-electron chi connectivity index (χ0n) is 12.5. The minimum Gasteiger partial charge on any atom is -0.497 e. The first-order chi connectivity index (χ1) is 9.72. The smallest absolute Gasteiger partial charge is 0.119 e. The summed E-state index contributed by atoms with van der Waals surface area (Å²) < 4.78 is 7.19. The van der Waals surface area contributed by atoms with E-state index in [1.165, 1.54) is 11.1 Å². The van der Waals surface area contributed by atoms with E-state index in [1.807, 2.05) is 23.0 Å². The number of aromatic nitrogens is 2. The summed E-state index contributed by atoms with van der Waals surface area (Å²) in [6.45, 7) is 6.11. The van der Waals surface area contributed by atoms with Crippen molar-refractivity contribution in [3.8, 4) is 5.75 Å². The number of nitrogens with zero attached hydrogens (tertiary/aromatic N) is 2. The minimum absolute atomic E-state index is 0.320. The molecule has 0 bridgehead atoms. The van der Waals surface area contributed by atoms with Crippen LogP contribution < -0.4 is 10.1 Å². The molecule has 0 aliphatic carbocycles. The van der Waals surface area contributed by atoms with Crippen molar-refractivity contribution in [2.24, 2.45) is 0 Å². The van der Waals surface area contributed by atoms with E-state index in [2.05, 4.69) is 42.6 Å². The molecule has 0 fully saturated rings. The van der Waals surface area contributed by atoms with Crippen LogP contribution in [-0.2, 0) is 13.0 Å². The van der Waals surface area contributed by atoms with Crippen molar-refractivity contribution in [3.05, 3.63) is 47.8 Å². The lowest BCUT2D eigenvalue weighted by Crippen LogP contribution is -2.21. The third-order valence-electron chi connectivity index (χ3n) is 3.48. The van der Waals surface area contributed by atoms with Gasteiger partial charge in [-0.05, 0) is 44.5 Å². The molecule has 1 aromatic heterocycles. The van der Waals surface area contributed by atoms with Crippen molar-refractivity contribution in [2.45, 2.75) is 32.9 Å². The summed E-state index contributed by atoms with van der Waals surface area (Å²) in [5.41, 5.74) is 2.52. The summed E-state index contributed by atoms with van der Waals surface area (Å²) in [6.07, 6.45) is 5.03. The number of hydrogen-bond donors (Lipinski definition) is 1. The van der Waals surface area contributed by atoms with Crippen molar-refractivity contribution in [1.29, 1.82) is 0 Å². The van der Waals surface area contributed by atoms with Gasteiger partial charge < -0.3 is 10.1 Å². The van der Waals surface area contributed by atoms with Crippen LogP contribution in [0, 0.1) is 0 Å². The van der Waals surface area contributed by atoms with Gasteiger partial charge in [0.2, 0.25) is 0 Å². The third kappa shape index (κ3) is 3.84. The van der Waals surface area contributed by atoms with Gasteiger partial charge in [0.15, 0.2) is 0 Å². The second-order valence-corrected chi connectivity index (χ2v) is 4.91. The van der Waals surface area contributed by atoms with Crippen LogP contribution in [-0.4, -0.2) is 23.4 Å². The average molecular weight is 273 g/mol. The van der Waals surface area contributed by atoms with E-state index in [4.69, 9.17) is 4.74 Å². The summed E-state index contributed by atoms with van der Waals surface area (Å²) in [4.78, 5) is 0. The number of ether oxygens (including phenoxy) is 1. The molecular formula is C16H23N3O. The molecular weight excluding hydrogens is 250 g/mol. The van der Waals surface area contributed by atoms with Crippen LogP contribution in [0.2, 0.25) is 0 Å². The van der Waals surface area contributed by atoms with Crippen LogP contribution >= 0.6 is 0 Å². The van der Waals surface area contributed by atoms with Crippen LogP contribution in [0.5, 0.6) is 5.75 Å². The summed E-state index contributed by atoms with van der Waals surface area (Å²) >= 11 is 0. The predicted octanol–water partition coefficient (Wildman–Crippen LogP) is 2.80. The highest BCUT2D eigenvalue weighted by atomic mass is 16.5. The molecule has 1 heterocycles. The maximum Gasteiger partial charge on any atom is 0.119 e. The summed E-state index contributed by atoms with van der Waals surface area (Å²) in [6, 6.07) is 8.54. The second-order valence-electron chi connectivity index (χ2n) is 4.91. The Morgan fingerprint density at radius 3 is 2.95 bits per heavy atom. The highest BCUT2D eigenvalue weighted by Gasteiger charge is 2.07. The molecule has 0 radical (unpaired) electrons. The fraction of sp³-hybridized carbons (Fsp3) is 0.438. The first-order valence-electron chi connectivity index (χ1n) is 7.11. The molecule has 2 rings (SSSR count). The predicted molar refractivity (Wildman–Crippen MR) is 81.0 cm³/mol. The zero-order valence-corrected chi connectivity index (χ0v) is 12.5. The van der Waals surface area contributed by atoms with Gasteiger partial charge in [-0.25, -0.2) is 0 Å². The molecule has 1 aromatic carbocycles. The Bertz CT molecular complexity index is 536. The quantitative estimate of drug-likeness (QED) is 0.843. The Morgan fingerprint density at radius 2 is 2.25 bits per heavy atom. The molecule has 108 valence electrons. The Morgan fingerprint density at radius 1 is 1.40 bits per heavy atom. The van der Waals surface area contributed by atoms with Crippen molar-refractivity contribution < 1.29 is 4.74 Å². The van der Waals surface area contributed by atoms with E-state index in [0.29, 0.717) is 6.04 Å². The standard InChI is InChI=1S/C16H23N3O/c1-4-19-12-15(11-18-19)13(2)17-9-8-14-6-5-7-16(10-14)20-3/h5-7,10-13,17H,4,8-9H2,1-3H3. The van der Waals surface area contributed by atoms with Crippen LogP contribution in [0.15, 0.2) is 36.7 Å². The highest BCUT2D eigenvalue weighted by Crippen LogP contribution is 2.14. The lowest BCUT2D eigenvalue weighted by Gasteiger charge is -2.12. The van der Waals surface area contributed by atoms with E-state index in [1.54, 1.807) is 7.11 Å². The van der Waals surface area contributed by atoms with E-state index >= 15 is 0 Å². The van der Waals surface area contributed by atoms with Gasteiger partial charge >= 0.3 is 0 Å². The van der Waals surface area contributed by atoms with Gasteiger partial charge in [-0.1, -0.05) is 12.1 Å². The molecule has 0 spiro atoms. The minimum atomic E-state index is 0.320. The van der Waals surface area contributed by atoms with Gasteiger partial charge in [0.1, 0.15) is 5.75 Å². The number of nitrogens with one attached hydrogen (secondary N) is 1. The Kier molecular flexibility index (Phi) is 5.18. The fourth-order valence-corrected chi connectivity index (χ4v) is 2.15. The van der Waals surface area contributed by atoms with E-state index in [0.717, 1.165) is 25.3 Å². The fourth-order valence-electron chi connectivity index (χ4n) is 2.15. The summed E-state index contributed by atoms with van der Waals surface area (Å²) in [7, 11) is 1.70. The van der Waals surface area contributed by atoms with E-state index in [9.17, 15) is 0 Å². The number of rotatable bonds is 7. The first kappa shape index (κ1) is 14.6. The van der Waals surface area contributed by atoms with E-state index < -0.39 is 0 Å². The number of aryl methyl sites for hydroxylation is 1. The zero-order chi connectivity index (χ0) is 14.4. The van der Waals surface area contributed by atoms with Crippen LogP contribution in [0.1, 0.15) is 31.0 Å². The monoisotopic (exact) mass is 273 g/mol. The molecule has 1 unspecified atom stereocenters. The number of hydrogen-bond acceptors (Lipinski definition) is 3. The van der Waals surface area contributed by atoms with E-state index in [-0.39, 0.29) is 0 Å². The molecule has 4 heteroatoms. The topological polar surface area (TPSA) is 39.1 Å². The molecule has 1 atom stereocenters. The molecule has 20 heavy (non-hydrogen) atoms. The molecule has 1 N–H and O–H groups in total.